The molecule has 5 nitrogen and oxygen atoms in total. The van der Waals surface area contributed by atoms with Crippen LogP contribution in [0.15, 0.2) is 30.3 Å². The van der Waals surface area contributed by atoms with Crippen molar-refractivity contribution in [3.8, 4) is 0 Å². The monoisotopic (exact) mass is 284 g/mol. The molecule has 2 aromatic rings. The first kappa shape index (κ1) is 14.2. The van der Waals surface area contributed by atoms with Gasteiger partial charge in [-0.25, -0.2) is 4.68 Å². The van der Waals surface area contributed by atoms with Gasteiger partial charge in [0.2, 0.25) is 0 Å². The van der Waals surface area contributed by atoms with Gasteiger partial charge in [-0.05, 0) is 22.1 Å². The molecule has 0 aliphatic rings. The number of benzene rings is 1. The standard InChI is InChI=1S/C12H11F3N4O/c13-12(14,15)10(20)8-19-11(16-17-18-19)7-6-9-4-2-1-3-5-9/h1-7,10,20H,8H2. The van der Waals surface area contributed by atoms with Crippen molar-refractivity contribution in [2.45, 2.75) is 18.8 Å². The van der Waals surface area contributed by atoms with Gasteiger partial charge in [0.25, 0.3) is 0 Å². The molecule has 1 unspecified atom stereocenters. The number of aliphatic hydroxyl groups is 1. The molecule has 0 radical (unpaired) electrons. The zero-order chi connectivity index (χ0) is 14.6. The summed E-state index contributed by atoms with van der Waals surface area (Å²) in [5.74, 6) is 0.136. The third-order valence-electron chi connectivity index (χ3n) is 2.51. The van der Waals surface area contributed by atoms with Gasteiger partial charge < -0.3 is 5.11 Å². The van der Waals surface area contributed by atoms with Crippen molar-refractivity contribution >= 4 is 12.2 Å². The number of aliphatic hydroxyl groups excluding tert-OH is 1. The largest absolute Gasteiger partial charge is 0.416 e. The van der Waals surface area contributed by atoms with Gasteiger partial charge in [0, 0.05) is 0 Å². The van der Waals surface area contributed by atoms with Crippen LogP contribution in [0, 0.1) is 0 Å². The van der Waals surface area contributed by atoms with Crippen LogP contribution in [0.25, 0.3) is 12.2 Å². The van der Waals surface area contributed by atoms with Gasteiger partial charge in [0.1, 0.15) is 0 Å². The fourth-order valence-corrected chi connectivity index (χ4v) is 1.46. The minimum absolute atomic E-state index is 0.136. The number of hydrogen-bond acceptors (Lipinski definition) is 4. The average Bonchev–Trinajstić information content (AvgIpc) is 2.84. The summed E-state index contributed by atoms with van der Waals surface area (Å²) in [4.78, 5) is 0. The third kappa shape index (κ3) is 3.64. The minimum atomic E-state index is -4.70. The fraction of sp³-hybridized carbons (Fsp3) is 0.250. The molecule has 1 aromatic carbocycles. The van der Waals surface area contributed by atoms with Crippen molar-refractivity contribution in [1.29, 1.82) is 0 Å². The molecule has 0 aliphatic carbocycles. The van der Waals surface area contributed by atoms with Crippen molar-refractivity contribution < 1.29 is 18.3 Å². The summed E-state index contributed by atoms with van der Waals surface area (Å²) in [5.41, 5.74) is 0.860. The minimum Gasteiger partial charge on any atom is -0.382 e. The first-order chi connectivity index (χ1) is 9.47. The van der Waals surface area contributed by atoms with E-state index in [4.69, 9.17) is 5.11 Å². The van der Waals surface area contributed by atoms with E-state index in [0.29, 0.717) is 0 Å². The second kappa shape index (κ2) is 5.83. The van der Waals surface area contributed by atoms with Crippen molar-refractivity contribution in [2.75, 3.05) is 0 Å². The second-order valence-corrected chi connectivity index (χ2v) is 4.02. The molecule has 1 N–H and O–H groups in total. The zero-order valence-electron chi connectivity index (χ0n) is 10.2. The third-order valence-corrected chi connectivity index (χ3v) is 2.51. The molecular formula is C12H11F3N4O. The van der Waals surface area contributed by atoms with E-state index in [2.05, 4.69) is 15.5 Å². The Labute approximate surface area is 112 Å². The number of nitrogens with zero attached hydrogens (tertiary/aromatic N) is 4. The van der Waals surface area contributed by atoms with E-state index in [-0.39, 0.29) is 5.82 Å². The van der Waals surface area contributed by atoms with Crippen LogP contribution in [0.1, 0.15) is 11.4 Å². The Bertz CT molecular complexity index is 580. The SMILES string of the molecule is OC(Cn1nnnc1C=Cc1ccccc1)C(F)(F)F. The first-order valence-electron chi connectivity index (χ1n) is 5.71. The fourth-order valence-electron chi connectivity index (χ4n) is 1.46. The number of aromatic nitrogens is 4. The van der Waals surface area contributed by atoms with E-state index in [1.165, 1.54) is 6.08 Å². The zero-order valence-corrected chi connectivity index (χ0v) is 10.2. The maximum atomic E-state index is 12.3. The molecular weight excluding hydrogens is 273 g/mol. The van der Waals surface area contributed by atoms with Crippen molar-refractivity contribution in [1.82, 2.24) is 20.2 Å². The summed E-state index contributed by atoms with van der Waals surface area (Å²) >= 11 is 0. The van der Waals surface area contributed by atoms with Gasteiger partial charge in [-0.1, -0.05) is 36.4 Å². The van der Waals surface area contributed by atoms with E-state index in [1.807, 2.05) is 30.3 Å². The molecule has 2 rings (SSSR count). The maximum Gasteiger partial charge on any atom is 0.416 e. The van der Waals surface area contributed by atoms with Crippen molar-refractivity contribution in [2.24, 2.45) is 0 Å². The van der Waals surface area contributed by atoms with Gasteiger partial charge in [-0.15, -0.1) is 5.10 Å². The van der Waals surface area contributed by atoms with E-state index < -0.39 is 18.8 Å². The molecule has 106 valence electrons. The van der Waals surface area contributed by atoms with E-state index in [9.17, 15) is 13.2 Å². The summed E-state index contributed by atoms with van der Waals surface area (Å²) < 4.78 is 37.7. The van der Waals surface area contributed by atoms with E-state index in [1.54, 1.807) is 6.08 Å². The van der Waals surface area contributed by atoms with E-state index >= 15 is 0 Å². The number of rotatable bonds is 4. The lowest BCUT2D eigenvalue weighted by molar-refractivity contribution is -0.208. The predicted molar refractivity (Wildman–Crippen MR) is 65.2 cm³/mol. The predicted octanol–water partition coefficient (Wildman–Crippen LogP) is 1.77. The Morgan fingerprint density at radius 2 is 1.90 bits per heavy atom. The van der Waals surface area contributed by atoms with Gasteiger partial charge in [0.15, 0.2) is 11.9 Å². The molecule has 0 aliphatic heterocycles. The summed E-state index contributed by atoms with van der Waals surface area (Å²) in [6.45, 7) is -0.745. The topological polar surface area (TPSA) is 63.8 Å². The van der Waals surface area contributed by atoms with Crippen molar-refractivity contribution in [3.05, 3.63) is 41.7 Å². The number of halogens is 3. The highest BCUT2D eigenvalue weighted by molar-refractivity contribution is 5.66. The highest BCUT2D eigenvalue weighted by Crippen LogP contribution is 2.21. The number of hydrogen-bond donors (Lipinski definition) is 1. The molecule has 0 saturated heterocycles. The molecule has 1 heterocycles. The normalized spacial score (nSPS) is 13.8. The van der Waals surface area contributed by atoms with Crippen molar-refractivity contribution in [3.63, 3.8) is 0 Å². The average molecular weight is 284 g/mol. The van der Waals surface area contributed by atoms with Crippen LogP contribution < -0.4 is 0 Å². The number of alkyl halides is 3. The lowest BCUT2D eigenvalue weighted by Gasteiger charge is -2.13. The van der Waals surface area contributed by atoms with E-state index in [0.717, 1.165) is 10.2 Å². The molecule has 0 amide bonds. The highest BCUT2D eigenvalue weighted by Gasteiger charge is 2.38. The second-order valence-electron chi connectivity index (χ2n) is 4.02. The molecule has 0 bridgehead atoms. The summed E-state index contributed by atoms with van der Waals surface area (Å²) in [7, 11) is 0. The molecule has 1 aromatic heterocycles. The molecule has 0 saturated carbocycles. The van der Waals surface area contributed by atoms with Crippen LogP contribution in [0.4, 0.5) is 13.2 Å². The first-order valence-corrected chi connectivity index (χ1v) is 5.71. The van der Waals surface area contributed by atoms with Crippen LogP contribution in [0.2, 0.25) is 0 Å². The highest BCUT2D eigenvalue weighted by atomic mass is 19.4. The van der Waals surface area contributed by atoms with Crippen LogP contribution in [-0.2, 0) is 6.54 Å². The van der Waals surface area contributed by atoms with Crippen LogP contribution in [0.5, 0.6) is 0 Å². The molecule has 8 heteroatoms. The molecule has 0 spiro atoms. The van der Waals surface area contributed by atoms with Gasteiger partial charge >= 0.3 is 6.18 Å². The quantitative estimate of drug-likeness (QED) is 0.929. The van der Waals surface area contributed by atoms with Crippen LogP contribution in [-0.4, -0.2) is 37.6 Å². The Balaban J connectivity index is 2.11. The summed E-state index contributed by atoms with van der Waals surface area (Å²) in [6, 6.07) is 9.16. The Morgan fingerprint density at radius 1 is 1.20 bits per heavy atom. The maximum absolute atomic E-state index is 12.3. The van der Waals surface area contributed by atoms with Gasteiger partial charge in [-0.2, -0.15) is 13.2 Å². The Morgan fingerprint density at radius 3 is 2.55 bits per heavy atom. The number of tetrazole rings is 1. The lowest BCUT2D eigenvalue weighted by atomic mass is 10.2. The molecule has 1 atom stereocenters. The van der Waals surface area contributed by atoms with Crippen LogP contribution in [0.3, 0.4) is 0 Å². The summed E-state index contributed by atoms with van der Waals surface area (Å²) in [6.07, 6.45) is -4.05. The Hall–Kier alpha value is -2.22. The molecule has 20 heavy (non-hydrogen) atoms. The van der Waals surface area contributed by atoms with Crippen LogP contribution >= 0.6 is 0 Å². The van der Waals surface area contributed by atoms with Gasteiger partial charge in [-0.3, -0.25) is 0 Å². The Kier molecular flexibility index (Phi) is 4.14. The molecule has 0 fully saturated rings. The van der Waals surface area contributed by atoms with Gasteiger partial charge in [0.05, 0.1) is 6.54 Å². The summed E-state index contributed by atoms with van der Waals surface area (Å²) in [5, 5.41) is 19.3. The smallest absolute Gasteiger partial charge is 0.382 e. The lowest BCUT2D eigenvalue weighted by Crippen LogP contribution is -2.33.